The second-order valence-electron chi connectivity index (χ2n) is 7.51. The molecule has 1 saturated heterocycles. The Bertz CT molecular complexity index is 1120. The topological polar surface area (TPSA) is 61.1 Å². The van der Waals surface area contributed by atoms with Crippen LogP contribution in [0, 0.1) is 0 Å². The maximum atomic E-state index is 13.0. The molecule has 1 N–H and O–H groups in total. The van der Waals surface area contributed by atoms with Gasteiger partial charge < -0.3 is 10.0 Å². The number of hydrogen-bond acceptors (Lipinski definition) is 5. The minimum Gasteiger partial charge on any atom is -0.494 e. The molecule has 2 aliphatic heterocycles. The van der Waals surface area contributed by atoms with Crippen LogP contribution in [0.25, 0.3) is 10.9 Å². The molecule has 0 spiro atoms. The molecule has 0 amide bonds. The number of nitrogens with zero attached hydrogens (tertiary/aromatic N) is 4. The van der Waals surface area contributed by atoms with Gasteiger partial charge in [0.15, 0.2) is 0 Å². The van der Waals surface area contributed by atoms with Gasteiger partial charge in [-0.1, -0.05) is 30.3 Å². The number of rotatable bonds is 3. The third kappa shape index (κ3) is 3.61. The van der Waals surface area contributed by atoms with Crippen LogP contribution in [0.4, 0.5) is 5.69 Å². The van der Waals surface area contributed by atoms with Gasteiger partial charge in [0.1, 0.15) is 5.71 Å². The van der Waals surface area contributed by atoms with Gasteiger partial charge in [0.25, 0.3) is 0 Å². The Hall–Kier alpha value is -2.38. The maximum Gasteiger partial charge on any atom is 0.214 e. The zero-order valence-corrected chi connectivity index (χ0v) is 18.2. The summed E-state index contributed by atoms with van der Waals surface area (Å²) in [7, 11) is 2.12. The number of hydrogen-bond donors (Lipinski definition) is 1. The number of piperazine rings is 1. The van der Waals surface area contributed by atoms with Gasteiger partial charge in [0.2, 0.25) is 11.7 Å². The predicted octanol–water partition coefficient (Wildman–Crippen LogP) is 3.71. The third-order valence-corrected chi connectivity index (χ3v) is 5.71. The summed E-state index contributed by atoms with van der Waals surface area (Å²) < 4.78 is 1.90. The number of ketones is 1. The Balaban J connectivity index is 0.00000128. The minimum atomic E-state index is -0.131. The monoisotopic (exact) mass is 446 g/mol. The van der Waals surface area contributed by atoms with E-state index in [1.165, 1.54) is 0 Å². The number of aromatic hydroxyl groups is 1. The fraction of sp³-hybridized carbons (Fsp3) is 0.273. The summed E-state index contributed by atoms with van der Waals surface area (Å²) >= 11 is 0. The van der Waals surface area contributed by atoms with E-state index in [1.54, 1.807) is 6.07 Å². The molecule has 3 aromatic rings. The van der Waals surface area contributed by atoms with Gasteiger partial charge in [0.05, 0.1) is 23.4 Å². The van der Waals surface area contributed by atoms with E-state index >= 15 is 0 Å². The molecular weight excluding hydrogens is 423 g/mol. The third-order valence-electron chi connectivity index (χ3n) is 5.71. The number of fused-ring (bicyclic) bond motifs is 2. The van der Waals surface area contributed by atoms with Crippen molar-refractivity contribution in [2.75, 3.05) is 33.2 Å². The number of aliphatic imine (C=N–C) groups is 1. The van der Waals surface area contributed by atoms with Gasteiger partial charge >= 0.3 is 0 Å². The molecule has 30 heavy (non-hydrogen) atoms. The molecule has 8 heteroatoms. The maximum absolute atomic E-state index is 13.0. The van der Waals surface area contributed by atoms with Crippen molar-refractivity contribution >= 4 is 52.9 Å². The van der Waals surface area contributed by atoms with Crippen molar-refractivity contribution in [3.05, 3.63) is 59.7 Å². The highest BCUT2D eigenvalue weighted by atomic mass is 35.5. The average molecular weight is 447 g/mol. The van der Waals surface area contributed by atoms with Crippen molar-refractivity contribution in [1.82, 2.24) is 14.4 Å². The van der Waals surface area contributed by atoms with Crippen LogP contribution in [0.2, 0.25) is 0 Å². The first-order chi connectivity index (χ1) is 13.6. The highest BCUT2D eigenvalue weighted by Gasteiger charge is 2.31. The summed E-state index contributed by atoms with van der Waals surface area (Å²) in [5.74, 6) is -0.0200. The summed E-state index contributed by atoms with van der Waals surface area (Å²) in [6, 6.07) is 15.2. The molecule has 3 heterocycles. The molecule has 0 saturated carbocycles. The van der Waals surface area contributed by atoms with Crippen LogP contribution in [-0.2, 0) is 6.67 Å². The standard InChI is InChI=1S/C22H22N4O2.2ClH/c1-24-10-12-25(13-11-24)14-26-18-9-5-3-7-16(18)19(22(26)28)20-21(27)15-6-2-4-8-17(15)23-20;;/h2-9,28H,10-14H2,1H3;2*1H. The average Bonchev–Trinajstić information content (AvgIpc) is 3.18. The molecule has 1 aromatic heterocycles. The SMILES string of the molecule is CN1CCN(Cn2c(O)c(C3=Nc4ccccc4C3=O)c3ccccc32)CC1.Cl.Cl. The molecule has 1 fully saturated rings. The summed E-state index contributed by atoms with van der Waals surface area (Å²) in [4.78, 5) is 22.1. The fourth-order valence-electron chi connectivity index (χ4n) is 4.09. The molecule has 2 aromatic carbocycles. The van der Waals surface area contributed by atoms with Crippen molar-refractivity contribution in [1.29, 1.82) is 0 Å². The Kier molecular flexibility index (Phi) is 6.53. The number of benzene rings is 2. The van der Waals surface area contributed by atoms with Crippen molar-refractivity contribution < 1.29 is 9.90 Å². The van der Waals surface area contributed by atoms with Crippen LogP contribution in [0.3, 0.4) is 0 Å². The highest BCUT2D eigenvalue weighted by Crippen LogP contribution is 2.37. The van der Waals surface area contributed by atoms with Gasteiger partial charge in [0, 0.05) is 37.1 Å². The number of carbonyl (C=O) groups is 1. The number of likely N-dealkylation sites (N-methyl/N-ethyl adjacent to an activating group) is 1. The molecule has 6 nitrogen and oxygen atoms in total. The Labute approximate surface area is 187 Å². The van der Waals surface area contributed by atoms with Gasteiger partial charge in [-0.2, -0.15) is 0 Å². The molecule has 0 radical (unpaired) electrons. The Morgan fingerprint density at radius 1 is 0.967 bits per heavy atom. The zero-order chi connectivity index (χ0) is 19.3. The predicted molar refractivity (Wildman–Crippen MR) is 124 cm³/mol. The van der Waals surface area contributed by atoms with E-state index in [4.69, 9.17) is 0 Å². The van der Waals surface area contributed by atoms with Crippen molar-refractivity contribution in [2.45, 2.75) is 6.67 Å². The second kappa shape index (κ2) is 8.78. The largest absolute Gasteiger partial charge is 0.494 e. The van der Waals surface area contributed by atoms with Gasteiger partial charge in [-0.3, -0.25) is 14.3 Å². The Morgan fingerprint density at radius 3 is 2.37 bits per heavy atom. The van der Waals surface area contributed by atoms with Crippen molar-refractivity contribution in [3.63, 3.8) is 0 Å². The lowest BCUT2D eigenvalue weighted by Crippen LogP contribution is -2.44. The molecule has 0 unspecified atom stereocenters. The first-order valence-electron chi connectivity index (χ1n) is 9.57. The minimum absolute atomic E-state index is 0. The fourth-order valence-corrected chi connectivity index (χ4v) is 4.09. The molecule has 2 aliphatic rings. The van der Waals surface area contributed by atoms with Crippen molar-refractivity contribution in [2.24, 2.45) is 4.99 Å². The lowest BCUT2D eigenvalue weighted by atomic mass is 10.0. The normalized spacial score (nSPS) is 16.7. The number of carbonyl (C=O) groups excluding carboxylic acids is 1. The van der Waals surface area contributed by atoms with Crippen LogP contribution < -0.4 is 0 Å². The summed E-state index contributed by atoms with van der Waals surface area (Å²) in [5, 5.41) is 12.0. The van der Waals surface area contributed by atoms with E-state index in [1.807, 2.05) is 47.0 Å². The summed E-state index contributed by atoms with van der Waals surface area (Å²) in [5.41, 5.74) is 3.03. The van der Waals surface area contributed by atoms with Crippen molar-refractivity contribution in [3.8, 4) is 5.88 Å². The van der Waals surface area contributed by atoms with Gasteiger partial charge in [-0.25, -0.2) is 4.99 Å². The first-order valence-corrected chi connectivity index (χ1v) is 9.57. The van der Waals surface area contributed by atoms with Gasteiger partial charge in [-0.05, 0) is 25.2 Å². The zero-order valence-electron chi connectivity index (χ0n) is 16.6. The molecule has 158 valence electrons. The van der Waals surface area contributed by atoms with E-state index < -0.39 is 0 Å². The van der Waals surface area contributed by atoms with E-state index in [-0.39, 0.29) is 36.5 Å². The van der Waals surface area contributed by atoms with E-state index in [2.05, 4.69) is 21.8 Å². The van der Waals surface area contributed by atoms with Crippen LogP contribution in [-0.4, -0.2) is 64.2 Å². The first kappa shape index (κ1) is 22.3. The van der Waals surface area contributed by atoms with Crippen LogP contribution >= 0.6 is 24.8 Å². The summed E-state index contributed by atoms with van der Waals surface area (Å²) in [6.45, 7) is 4.50. The van der Waals surface area contributed by atoms with Crippen LogP contribution in [0.15, 0.2) is 53.5 Å². The van der Waals surface area contributed by atoms with E-state index in [9.17, 15) is 9.90 Å². The molecule has 0 atom stereocenters. The second-order valence-corrected chi connectivity index (χ2v) is 7.51. The molecule has 5 rings (SSSR count). The highest BCUT2D eigenvalue weighted by molar-refractivity contribution is 6.56. The number of Topliss-reactive ketones (excluding diaryl/α,β-unsaturated/α-hetero) is 1. The molecule has 0 bridgehead atoms. The Morgan fingerprint density at radius 2 is 1.63 bits per heavy atom. The number of halogens is 2. The smallest absolute Gasteiger partial charge is 0.214 e. The molecular formula is C22H24Cl2N4O2. The summed E-state index contributed by atoms with van der Waals surface area (Å²) in [6.07, 6.45) is 0. The molecule has 0 aliphatic carbocycles. The van der Waals surface area contributed by atoms with Gasteiger partial charge in [-0.15, -0.1) is 24.8 Å². The van der Waals surface area contributed by atoms with Crippen LogP contribution in [0.1, 0.15) is 15.9 Å². The number of aromatic nitrogens is 1. The number of para-hydroxylation sites is 2. The lowest BCUT2D eigenvalue weighted by Gasteiger charge is -2.32. The van der Waals surface area contributed by atoms with E-state index in [0.29, 0.717) is 29.2 Å². The quantitative estimate of drug-likeness (QED) is 0.665. The lowest BCUT2D eigenvalue weighted by molar-refractivity contribution is 0.106. The van der Waals surface area contributed by atoms with E-state index in [0.717, 1.165) is 37.1 Å². The van der Waals surface area contributed by atoms with Crippen LogP contribution in [0.5, 0.6) is 5.88 Å².